The Morgan fingerprint density at radius 1 is 1.04 bits per heavy atom. The van der Waals surface area contributed by atoms with Crippen LogP contribution in [-0.4, -0.2) is 24.0 Å². The van der Waals surface area contributed by atoms with E-state index in [-0.39, 0.29) is 5.56 Å². The zero-order valence-electron chi connectivity index (χ0n) is 13.6. The average molecular weight is 342 g/mol. The van der Waals surface area contributed by atoms with Crippen molar-refractivity contribution < 1.29 is 23.9 Å². The SMILES string of the molecule is CC(OC(=O)c1ccc(OCc2ccccc2)cc1)C(=O)NC(N)=O. The molecular weight excluding hydrogens is 324 g/mol. The molecule has 130 valence electrons. The van der Waals surface area contributed by atoms with Crippen molar-refractivity contribution in [3.63, 3.8) is 0 Å². The van der Waals surface area contributed by atoms with Crippen LogP contribution in [0.5, 0.6) is 5.75 Å². The fraction of sp³-hybridized carbons (Fsp3) is 0.167. The molecule has 0 saturated heterocycles. The molecule has 0 aliphatic carbocycles. The number of carbonyl (C=O) groups excluding carboxylic acids is 3. The number of nitrogens with one attached hydrogen (secondary N) is 1. The molecule has 0 fully saturated rings. The lowest BCUT2D eigenvalue weighted by atomic mass is 10.2. The van der Waals surface area contributed by atoms with Crippen LogP contribution in [0.4, 0.5) is 4.79 Å². The van der Waals surface area contributed by atoms with E-state index >= 15 is 0 Å². The smallest absolute Gasteiger partial charge is 0.338 e. The summed E-state index contributed by atoms with van der Waals surface area (Å²) in [7, 11) is 0. The predicted molar refractivity (Wildman–Crippen MR) is 89.8 cm³/mol. The third kappa shape index (κ3) is 5.65. The minimum atomic E-state index is -1.14. The maximum Gasteiger partial charge on any atom is 0.338 e. The number of amides is 3. The zero-order chi connectivity index (χ0) is 18.2. The molecule has 2 rings (SSSR count). The Morgan fingerprint density at radius 2 is 1.68 bits per heavy atom. The quantitative estimate of drug-likeness (QED) is 0.781. The molecule has 3 amide bonds. The summed E-state index contributed by atoms with van der Waals surface area (Å²) in [6.07, 6.45) is -1.14. The maximum atomic E-state index is 12.0. The van der Waals surface area contributed by atoms with Crippen LogP contribution >= 0.6 is 0 Å². The van der Waals surface area contributed by atoms with Gasteiger partial charge in [-0.15, -0.1) is 0 Å². The summed E-state index contributed by atoms with van der Waals surface area (Å²) in [5, 5.41) is 1.84. The van der Waals surface area contributed by atoms with Gasteiger partial charge in [-0.25, -0.2) is 9.59 Å². The van der Waals surface area contributed by atoms with Gasteiger partial charge in [0, 0.05) is 0 Å². The minimum absolute atomic E-state index is 0.255. The molecule has 2 aromatic carbocycles. The van der Waals surface area contributed by atoms with Crippen molar-refractivity contribution in [2.45, 2.75) is 19.6 Å². The fourth-order valence-corrected chi connectivity index (χ4v) is 1.93. The number of imide groups is 1. The number of primary amides is 1. The minimum Gasteiger partial charge on any atom is -0.489 e. The van der Waals surface area contributed by atoms with Crippen molar-refractivity contribution >= 4 is 17.9 Å². The highest BCUT2D eigenvalue weighted by molar-refractivity contribution is 5.98. The molecule has 0 radical (unpaired) electrons. The van der Waals surface area contributed by atoms with Gasteiger partial charge in [-0.05, 0) is 36.8 Å². The number of benzene rings is 2. The predicted octanol–water partition coefficient (Wildman–Crippen LogP) is 2.01. The van der Waals surface area contributed by atoms with E-state index in [1.807, 2.05) is 35.6 Å². The zero-order valence-corrected chi connectivity index (χ0v) is 13.6. The Kier molecular flexibility index (Phi) is 6.11. The van der Waals surface area contributed by atoms with Gasteiger partial charge < -0.3 is 15.2 Å². The molecule has 25 heavy (non-hydrogen) atoms. The highest BCUT2D eigenvalue weighted by atomic mass is 16.5. The molecule has 0 saturated carbocycles. The first-order valence-corrected chi connectivity index (χ1v) is 7.54. The fourth-order valence-electron chi connectivity index (χ4n) is 1.93. The van der Waals surface area contributed by atoms with Crippen LogP contribution in [0.1, 0.15) is 22.8 Å². The van der Waals surface area contributed by atoms with E-state index < -0.39 is 24.0 Å². The summed E-state index contributed by atoms with van der Waals surface area (Å²) < 4.78 is 10.6. The molecule has 7 nitrogen and oxygen atoms in total. The summed E-state index contributed by atoms with van der Waals surface area (Å²) in [6.45, 7) is 1.75. The van der Waals surface area contributed by atoms with E-state index in [1.165, 1.54) is 19.1 Å². The Bertz CT molecular complexity index is 744. The van der Waals surface area contributed by atoms with Crippen LogP contribution in [0.3, 0.4) is 0 Å². The number of hydrogen-bond donors (Lipinski definition) is 2. The van der Waals surface area contributed by atoms with E-state index in [0.717, 1.165) is 5.56 Å². The third-order valence-electron chi connectivity index (χ3n) is 3.24. The van der Waals surface area contributed by atoms with Crippen molar-refractivity contribution in [1.29, 1.82) is 0 Å². The molecule has 7 heteroatoms. The van der Waals surface area contributed by atoms with E-state index in [9.17, 15) is 14.4 Å². The number of hydrogen-bond acceptors (Lipinski definition) is 5. The average Bonchev–Trinajstić information content (AvgIpc) is 2.60. The second kappa shape index (κ2) is 8.49. The Hall–Kier alpha value is -3.35. The summed E-state index contributed by atoms with van der Waals surface area (Å²) in [5.74, 6) is -0.884. The van der Waals surface area contributed by atoms with Gasteiger partial charge in [0.25, 0.3) is 5.91 Å². The van der Waals surface area contributed by atoms with Gasteiger partial charge in [0.15, 0.2) is 6.10 Å². The molecule has 0 heterocycles. The monoisotopic (exact) mass is 342 g/mol. The van der Waals surface area contributed by atoms with Gasteiger partial charge in [-0.2, -0.15) is 0 Å². The third-order valence-corrected chi connectivity index (χ3v) is 3.24. The molecule has 0 aliphatic heterocycles. The van der Waals surface area contributed by atoms with Gasteiger partial charge in [-0.3, -0.25) is 10.1 Å². The number of nitrogens with two attached hydrogens (primary N) is 1. The van der Waals surface area contributed by atoms with Gasteiger partial charge >= 0.3 is 12.0 Å². The van der Waals surface area contributed by atoms with Crippen LogP contribution < -0.4 is 15.8 Å². The summed E-state index contributed by atoms with van der Waals surface area (Å²) in [4.78, 5) is 34.1. The topological polar surface area (TPSA) is 108 Å². The highest BCUT2D eigenvalue weighted by Gasteiger charge is 2.19. The second-order valence-electron chi connectivity index (χ2n) is 5.20. The van der Waals surface area contributed by atoms with Gasteiger partial charge in [-0.1, -0.05) is 30.3 Å². The van der Waals surface area contributed by atoms with E-state index in [0.29, 0.717) is 12.4 Å². The lowest BCUT2D eigenvalue weighted by Gasteiger charge is -2.12. The van der Waals surface area contributed by atoms with Gasteiger partial charge in [0.2, 0.25) is 0 Å². The van der Waals surface area contributed by atoms with Crippen LogP contribution in [0.25, 0.3) is 0 Å². The number of rotatable bonds is 6. The standard InChI is InChI=1S/C18H18N2O5/c1-12(16(21)20-18(19)23)25-17(22)14-7-9-15(10-8-14)24-11-13-5-3-2-4-6-13/h2-10,12H,11H2,1H3,(H3,19,20,21,23). The van der Waals surface area contributed by atoms with Gasteiger partial charge in [0.1, 0.15) is 12.4 Å². The second-order valence-corrected chi connectivity index (χ2v) is 5.20. The molecular formula is C18H18N2O5. The van der Waals surface area contributed by atoms with Crippen molar-refractivity contribution in [2.24, 2.45) is 5.73 Å². The van der Waals surface area contributed by atoms with Crippen LogP contribution in [0, 0.1) is 0 Å². The molecule has 0 bridgehead atoms. The molecule has 3 N–H and O–H groups in total. The van der Waals surface area contributed by atoms with Crippen molar-refractivity contribution in [3.8, 4) is 5.75 Å². The molecule has 0 spiro atoms. The lowest BCUT2D eigenvalue weighted by molar-refractivity contribution is -0.127. The Morgan fingerprint density at radius 3 is 2.28 bits per heavy atom. The molecule has 1 unspecified atom stereocenters. The largest absolute Gasteiger partial charge is 0.489 e. The molecule has 0 aromatic heterocycles. The summed E-state index contributed by atoms with van der Waals surface area (Å²) in [6, 6.07) is 15.0. The molecule has 2 aromatic rings. The van der Waals surface area contributed by atoms with Crippen LogP contribution in [0.15, 0.2) is 54.6 Å². The first kappa shape index (κ1) is 18.0. The number of urea groups is 1. The van der Waals surface area contributed by atoms with Crippen LogP contribution in [-0.2, 0) is 16.1 Å². The Labute approximate surface area is 144 Å². The Balaban J connectivity index is 1.89. The van der Waals surface area contributed by atoms with Gasteiger partial charge in [0.05, 0.1) is 5.56 Å². The number of esters is 1. The molecule has 1 atom stereocenters. The lowest BCUT2D eigenvalue weighted by Crippen LogP contribution is -2.42. The van der Waals surface area contributed by atoms with Crippen molar-refractivity contribution in [2.75, 3.05) is 0 Å². The number of ether oxygens (including phenoxy) is 2. The molecule has 0 aliphatic rings. The maximum absolute atomic E-state index is 12.0. The first-order valence-electron chi connectivity index (χ1n) is 7.54. The van der Waals surface area contributed by atoms with E-state index in [2.05, 4.69) is 0 Å². The van der Waals surface area contributed by atoms with Crippen LogP contribution in [0.2, 0.25) is 0 Å². The summed E-state index contributed by atoms with van der Waals surface area (Å²) in [5.41, 5.74) is 6.12. The normalized spacial score (nSPS) is 11.2. The van der Waals surface area contributed by atoms with Crippen molar-refractivity contribution in [3.05, 3.63) is 65.7 Å². The van der Waals surface area contributed by atoms with E-state index in [4.69, 9.17) is 15.2 Å². The number of carbonyl (C=O) groups is 3. The van der Waals surface area contributed by atoms with Crippen molar-refractivity contribution in [1.82, 2.24) is 5.32 Å². The van der Waals surface area contributed by atoms with E-state index in [1.54, 1.807) is 12.1 Å². The summed E-state index contributed by atoms with van der Waals surface area (Å²) >= 11 is 0. The first-order chi connectivity index (χ1) is 12.0. The highest BCUT2D eigenvalue weighted by Crippen LogP contribution is 2.15.